The summed E-state index contributed by atoms with van der Waals surface area (Å²) in [6, 6.07) is 13.6. The van der Waals surface area contributed by atoms with Crippen LogP contribution < -0.4 is 4.90 Å². The molecular formula is C16H15N5O. The Balaban J connectivity index is 1.76. The maximum Gasteiger partial charge on any atom is 0.227 e. The zero-order chi connectivity index (χ0) is 15.4. The summed E-state index contributed by atoms with van der Waals surface area (Å²) in [6.07, 6.45) is 2.19. The molecule has 1 unspecified atom stereocenters. The molecule has 0 spiro atoms. The number of aromatic nitrogens is 1. The number of pyridine rings is 1. The molecule has 0 aliphatic carbocycles. The summed E-state index contributed by atoms with van der Waals surface area (Å²) >= 11 is 0. The van der Waals surface area contributed by atoms with E-state index in [1.165, 1.54) is 0 Å². The van der Waals surface area contributed by atoms with Crippen LogP contribution in [0.15, 0.2) is 53.8 Å². The predicted molar refractivity (Wildman–Crippen MR) is 84.1 cm³/mol. The highest BCUT2D eigenvalue weighted by molar-refractivity contribution is 5.95. The molecule has 0 radical (unpaired) electrons. The Morgan fingerprint density at radius 2 is 2.09 bits per heavy atom. The van der Waals surface area contributed by atoms with Crippen LogP contribution in [0.3, 0.4) is 0 Å². The van der Waals surface area contributed by atoms with Crippen molar-refractivity contribution in [2.45, 2.75) is 6.42 Å². The van der Waals surface area contributed by atoms with E-state index >= 15 is 0 Å². The fraction of sp³-hybridized carbons (Fsp3) is 0.250. The summed E-state index contributed by atoms with van der Waals surface area (Å²) in [7, 11) is 0. The molecule has 6 heteroatoms. The van der Waals surface area contributed by atoms with Gasteiger partial charge in [0.25, 0.3) is 0 Å². The molecule has 1 amide bonds. The van der Waals surface area contributed by atoms with Gasteiger partial charge in [0.15, 0.2) is 0 Å². The summed E-state index contributed by atoms with van der Waals surface area (Å²) in [4.78, 5) is 20.9. The number of azide groups is 1. The van der Waals surface area contributed by atoms with E-state index in [0.717, 1.165) is 16.9 Å². The summed E-state index contributed by atoms with van der Waals surface area (Å²) < 4.78 is 0. The van der Waals surface area contributed by atoms with E-state index in [0.29, 0.717) is 19.5 Å². The largest absolute Gasteiger partial charge is 0.312 e. The average Bonchev–Trinajstić information content (AvgIpc) is 2.95. The van der Waals surface area contributed by atoms with Crippen LogP contribution >= 0.6 is 0 Å². The second-order valence-electron chi connectivity index (χ2n) is 5.25. The van der Waals surface area contributed by atoms with Gasteiger partial charge in [0, 0.05) is 41.9 Å². The highest BCUT2D eigenvalue weighted by atomic mass is 16.2. The van der Waals surface area contributed by atoms with Crippen molar-refractivity contribution < 1.29 is 4.79 Å². The van der Waals surface area contributed by atoms with Crippen LogP contribution in [0.25, 0.3) is 21.7 Å². The molecule has 1 atom stereocenters. The van der Waals surface area contributed by atoms with Gasteiger partial charge in [-0.15, -0.1) is 0 Å². The van der Waals surface area contributed by atoms with E-state index in [1.807, 2.05) is 42.5 Å². The zero-order valence-electron chi connectivity index (χ0n) is 12.0. The Hall–Kier alpha value is -2.85. The molecule has 3 rings (SSSR count). The van der Waals surface area contributed by atoms with Crippen molar-refractivity contribution in [2.75, 3.05) is 18.0 Å². The van der Waals surface area contributed by atoms with Gasteiger partial charge in [-0.1, -0.05) is 23.3 Å². The zero-order valence-corrected chi connectivity index (χ0v) is 12.0. The number of nitrogens with zero attached hydrogens (tertiary/aromatic N) is 5. The van der Waals surface area contributed by atoms with Crippen LogP contribution in [0.1, 0.15) is 6.42 Å². The minimum Gasteiger partial charge on any atom is -0.312 e. The van der Waals surface area contributed by atoms with Gasteiger partial charge in [-0.2, -0.15) is 0 Å². The van der Waals surface area contributed by atoms with E-state index in [-0.39, 0.29) is 11.8 Å². The van der Waals surface area contributed by atoms with Crippen molar-refractivity contribution in [1.82, 2.24) is 4.98 Å². The molecule has 22 heavy (non-hydrogen) atoms. The summed E-state index contributed by atoms with van der Waals surface area (Å²) in [5.74, 6) is 0.169. The van der Waals surface area contributed by atoms with Crippen LogP contribution in [-0.2, 0) is 4.79 Å². The van der Waals surface area contributed by atoms with Gasteiger partial charge in [-0.05, 0) is 35.7 Å². The van der Waals surface area contributed by atoms with Crippen molar-refractivity contribution in [3.63, 3.8) is 0 Å². The third-order valence-corrected chi connectivity index (χ3v) is 3.75. The van der Waals surface area contributed by atoms with E-state index < -0.39 is 0 Å². The maximum absolute atomic E-state index is 12.1. The predicted octanol–water partition coefficient (Wildman–Crippen LogP) is 3.41. The lowest BCUT2D eigenvalue weighted by molar-refractivity contribution is -0.117. The van der Waals surface area contributed by atoms with Crippen LogP contribution in [-0.4, -0.2) is 24.0 Å². The Bertz CT molecular complexity index is 707. The number of rotatable bonds is 4. The number of amides is 1. The molecule has 1 saturated heterocycles. The topological polar surface area (TPSA) is 82.0 Å². The van der Waals surface area contributed by atoms with Gasteiger partial charge in [-0.25, -0.2) is 0 Å². The van der Waals surface area contributed by atoms with Gasteiger partial charge in [0.2, 0.25) is 5.91 Å². The van der Waals surface area contributed by atoms with Crippen molar-refractivity contribution in [2.24, 2.45) is 11.0 Å². The standard InChI is InChI=1S/C16H15N5O/c17-20-19-10-12-9-16(22)21(11-12)14-6-4-13(5-7-14)15-3-1-2-8-18-15/h1-8,12H,9-11H2. The first-order valence-electron chi connectivity index (χ1n) is 7.10. The van der Waals surface area contributed by atoms with Crippen LogP contribution in [0.5, 0.6) is 0 Å². The Kier molecular flexibility index (Phi) is 4.03. The van der Waals surface area contributed by atoms with Gasteiger partial charge in [-0.3, -0.25) is 9.78 Å². The molecular weight excluding hydrogens is 278 g/mol. The molecule has 1 aromatic heterocycles. The third-order valence-electron chi connectivity index (χ3n) is 3.75. The summed E-state index contributed by atoms with van der Waals surface area (Å²) in [5, 5.41) is 3.56. The number of anilines is 1. The lowest BCUT2D eigenvalue weighted by Gasteiger charge is -2.16. The van der Waals surface area contributed by atoms with Gasteiger partial charge < -0.3 is 4.90 Å². The number of hydrogen-bond donors (Lipinski definition) is 0. The summed E-state index contributed by atoms with van der Waals surface area (Å²) in [6.45, 7) is 0.964. The molecule has 1 aliphatic heterocycles. The molecule has 1 aromatic carbocycles. The van der Waals surface area contributed by atoms with Crippen LogP contribution in [0.2, 0.25) is 0 Å². The fourth-order valence-electron chi connectivity index (χ4n) is 2.65. The Labute approximate surface area is 128 Å². The quantitative estimate of drug-likeness (QED) is 0.491. The van der Waals surface area contributed by atoms with Crippen LogP contribution in [0.4, 0.5) is 5.69 Å². The normalized spacial score (nSPS) is 17.4. The SMILES string of the molecule is [N-]=[N+]=NCC1CC(=O)N(c2ccc(-c3ccccn3)cc2)C1. The Morgan fingerprint density at radius 1 is 1.27 bits per heavy atom. The fourth-order valence-corrected chi connectivity index (χ4v) is 2.65. The van der Waals surface area contributed by atoms with E-state index in [4.69, 9.17) is 5.53 Å². The average molecular weight is 293 g/mol. The lowest BCUT2D eigenvalue weighted by Crippen LogP contribution is -2.24. The molecule has 110 valence electrons. The maximum atomic E-state index is 12.1. The van der Waals surface area contributed by atoms with Gasteiger partial charge in [0.1, 0.15) is 0 Å². The minimum absolute atomic E-state index is 0.0729. The second kappa shape index (κ2) is 6.28. The van der Waals surface area contributed by atoms with Crippen molar-refractivity contribution in [1.29, 1.82) is 0 Å². The number of carbonyl (C=O) groups is 1. The molecule has 2 heterocycles. The molecule has 2 aromatic rings. The number of carbonyl (C=O) groups excluding carboxylic acids is 1. The molecule has 6 nitrogen and oxygen atoms in total. The molecule has 0 N–H and O–H groups in total. The highest BCUT2D eigenvalue weighted by Crippen LogP contribution is 2.27. The third kappa shape index (κ3) is 2.92. The summed E-state index contributed by atoms with van der Waals surface area (Å²) in [5.41, 5.74) is 11.2. The smallest absolute Gasteiger partial charge is 0.227 e. The van der Waals surface area contributed by atoms with Crippen molar-refractivity contribution >= 4 is 11.6 Å². The van der Waals surface area contributed by atoms with Crippen molar-refractivity contribution in [3.8, 4) is 11.3 Å². The monoisotopic (exact) mass is 293 g/mol. The minimum atomic E-state index is 0.0729. The lowest BCUT2D eigenvalue weighted by atomic mass is 10.1. The van der Waals surface area contributed by atoms with Crippen LogP contribution in [0, 0.1) is 5.92 Å². The highest BCUT2D eigenvalue weighted by Gasteiger charge is 2.29. The molecule has 0 bridgehead atoms. The first-order chi connectivity index (χ1) is 10.8. The van der Waals surface area contributed by atoms with Crippen molar-refractivity contribution in [3.05, 3.63) is 59.1 Å². The first-order valence-corrected chi connectivity index (χ1v) is 7.10. The van der Waals surface area contributed by atoms with E-state index in [2.05, 4.69) is 15.0 Å². The van der Waals surface area contributed by atoms with E-state index in [1.54, 1.807) is 11.1 Å². The first kappa shape index (κ1) is 14.1. The molecule has 1 aliphatic rings. The number of benzene rings is 1. The molecule has 0 saturated carbocycles. The van der Waals surface area contributed by atoms with E-state index in [9.17, 15) is 4.79 Å². The Morgan fingerprint density at radius 3 is 2.77 bits per heavy atom. The molecule has 1 fully saturated rings. The number of hydrogen-bond acceptors (Lipinski definition) is 3. The van der Waals surface area contributed by atoms with Gasteiger partial charge >= 0.3 is 0 Å². The van der Waals surface area contributed by atoms with Gasteiger partial charge in [0.05, 0.1) is 5.69 Å². The second-order valence-corrected chi connectivity index (χ2v) is 5.25.